The summed E-state index contributed by atoms with van der Waals surface area (Å²) in [5.41, 5.74) is -0.211. The molecular weight excluding hydrogens is 531 g/mol. The molecule has 0 aliphatic carbocycles. The predicted octanol–water partition coefficient (Wildman–Crippen LogP) is 6.68. The minimum Gasteiger partial charge on any atom is -0.383 e. The molecule has 1 aromatic heterocycles. The number of amides is 2. The summed E-state index contributed by atoms with van der Waals surface area (Å²) in [5.74, 6) is 0. The Labute approximate surface area is 201 Å². The number of anilines is 2. The first kappa shape index (κ1) is 26.6. The van der Waals surface area contributed by atoms with Crippen LogP contribution in [-0.2, 0) is 11.0 Å². The van der Waals surface area contributed by atoms with Crippen molar-refractivity contribution in [1.82, 2.24) is 14.7 Å². The molecule has 2 rings (SSSR count). The highest BCUT2D eigenvalue weighted by Crippen LogP contribution is 2.37. The molecular formula is C19H23BrF3N5O2S2. The van der Waals surface area contributed by atoms with E-state index >= 15 is 0 Å². The molecule has 0 atom stereocenters. The highest BCUT2D eigenvalue weighted by Gasteiger charge is 2.31. The fourth-order valence-corrected chi connectivity index (χ4v) is 4.06. The summed E-state index contributed by atoms with van der Waals surface area (Å²) in [6, 6.07) is 4.33. The van der Waals surface area contributed by atoms with Gasteiger partial charge in [-0.1, -0.05) is 25.1 Å². The fraction of sp³-hybridized carbons (Fsp3) is 0.421. The molecule has 2 amide bonds. The molecule has 176 valence electrons. The maximum atomic E-state index is 13.5. The summed E-state index contributed by atoms with van der Waals surface area (Å²) in [5, 5.41) is 14.1. The number of nitrogens with zero attached hydrogens (tertiary/aromatic N) is 3. The molecule has 2 aromatic rings. The lowest BCUT2D eigenvalue weighted by Gasteiger charge is -2.19. The summed E-state index contributed by atoms with van der Waals surface area (Å²) in [4.78, 5) is 17.7. The van der Waals surface area contributed by atoms with E-state index in [1.54, 1.807) is 19.2 Å². The van der Waals surface area contributed by atoms with E-state index in [1.807, 2.05) is 0 Å². The molecule has 1 aromatic carbocycles. The normalized spacial score (nSPS) is 11.3. The number of rotatable bonds is 10. The highest BCUT2D eigenvalue weighted by molar-refractivity contribution is 9.10. The first-order valence-corrected chi connectivity index (χ1v) is 12.4. The van der Waals surface area contributed by atoms with Crippen molar-refractivity contribution >= 4 is 57.0 Å². The zero-order valence-electron chi connectivity index (χ0n) is 17.6. The van der Waals surface area contributed by atoms with Crippen molar-refractivity contribution in [3.05, 3.63) is 34.4 Å². The minimum atomic E-state index is -4.59. The predicted molar refractivity (Wildman–Crippen MR) is 125 cm³/mol. The summed E-state index contributed by atoms with van der Waals surface area (Å²) >= 11 is 5.32. The summed E-state index contributed by atoms with van der Waals surface area (Å²) in [7, 11) is 0. The van der Waals surface area contributed by atoms with Crippen LogP contribution in [-0.4, -0.2) is 40.1 Å². The summed E-state index contributed by atoms with van der Waals surface area (Å²) in [6.45, 7) is 4.73. The Morgan fingerprint density at radius 2 is 1.97 bits per heavy atom. The van der Waals surface area contributed by atoms with Crippen molar-refractivity contribution < 1.29 is 22.8 Å². The molecule has 13 heteroatoms. The van der Waals surface area contributed by atoms with Crippen LogP contribution >= 0.6 is 39.6 Å². The molecule has 0 saturated carbocycles. The molecule has 0 unspecified atom stereocenters. The van der Waals surface area contributed by atoms with Crippen LogP contribution in [0.2, 0.25) is 0 Å². The molecule has 0 bridgehead atoms. The Kier molecular flexibility index (Phi) is 10.4. The number of urea groups is 1. The number of nitrogens with one attached hydrogen (secondary N) is 2. The van der Waals surface area contributed by atoms with E-state index < -0.39 is 17.8 Å². The average molecular weight is 554 g/mol. The van der Waals surface area contributed by atoms with Crippen molar-refractivity contribution in [2.75, 3.05) is 30.0 Å². The van der Waals surface area contributed by atoms with Gasteiger partial charge in [0.05, 0.1) is 17.9 Å². The molecule has 0 radical (unpaired) electrons. The van der Waals surface area contributed by atoms with Gasteiger partial charge in [-0.25, -0.2) is 4.79 Å². The largest absolute Gasteiger partial charge is 0.416 e. The lowest BCUT2D eigenvalue weighted by Crippen LogP contribution is -2.29. The molecule has 7 nitrogen and oxygen atoms in total. The fourth-order valence-electron chi connectivity index (χ4n) is 2.43. The number of halogens is 4. The highest BCUT2D eigenvalue weighted by atomic mass is 79.9. The van der Waals surface area contributed by atoms with Crippen molar-refractivity contribution in [3.63, 3.8) is 0 Å². The van der Waals surface area contributed by atoms with E-state index in [0.29, 0.717) is 15.3 Å². The van der Waals surface area contributed by atoms with Gasteiger partial charge in [0.15, 0.2) is 4.60 Å². The first-order chi connectivity index (χ1) is 15.2. The van der Waals surface area contributed by atoms with Gasteiger partial charge >= 0.3 is 12.2 Å². The number of alkyl halides is 3. The minimum absolute atomic E-state index is 0.0163. The number of hydrogen-bond donors (Lipinski definition) is 2. The molecule has 0 saturated heterocycles. The van der Waals surface area contributed by atoms with Gasteiger partial charge in [0, 0.05) is 23.4 Å². The number of hydroxylamine groups is 1. The van der Waals surface area contributed by atoms with Gasteiger partial charge in [0.2, 0.25) is 0 Å². The standard InChI is InChI=1S/C19H23BrF3N5O2S2/c1-4-6-7-24-15-11-16(26-27-17(15)20)32-14-9-12(19(21,22)23)8-13(10-14)25-18(29)28(31-3)30-5-2/h8-11H,4-7H2,1-3H3,(H,24,26)(H,25,29). The summed E-state index contributed by atoms with van der Waals surface area (Å²) < 4.78 is 41.8. The topological polar surface area (TPSA) is 79.4 Å². The molecule has 0 aliphatic rings. The summed E-state index contributed by atoms with van der Waals surface area (Å²) in [6.07, 6.45) is -1.00. The number of benzene rings is 1. The second-order valence-corrected chi connectivity index (χ2v) is 8.84. The zero-order chi connectivity index (χ0) is 23.7. The third-order valence-electron chi connectivity index (χ3n) is 3.86. The Balaban J connectivity index is 2.30. The Hall–Kier alpha value is -1.70. The molecule has 1 heterocycles. The van der Waals surface area contributed by atoms with Crippen LogP contribution in [0.25, 0.3) is 0 Å². The Bertz CT molecular complexity index is 921. The van der Waals surface area contributed by atoms with Crippen molar-refractivity contribution in [1.29, 1.82) is 0 Å². The van der Waals surface area contributed by atoms with E-state index in [0.717, 1.165) is 59.7 Å². The molecule has 32 heavy (non-hydrogen) atoms. The van der Waals surface area contributed by atoms with Crippen LogP contribution in [0.5, 0.6) is 0 Å². The molecule has 0 aliphatic heterocycles. The van der Waals surface area contributed by atoms with Gasteiger partial charge in [0.25, 0.3) is 0 Å². The van der Waals surface area contributed by atoms with E-state index in [2.05, 4.69) is 43.7 Å². The van der Waals surface area contributed by atoms with Crippen molar-refractivity contribution in [2.45, 2.75) is 42.8 Å². The van der Waals surface area contributed by atoms with E-state index in [1.165, 1.54) is 6.07 Å². The number of hydrogen-bond acceptors (Lipinski definition) is 7. The van der Waals surface area contributed by atoms with Crippen LogP contribution in [0, 0.1) is 0 Å². The lowest BCUT2D eigenvalue weighted by molar-refractivity contribution is -0.137. The van der Waals surface area contributed by atoms with Gasteiger partial charge in [0.1, 0.15) is 5.03 Å². The van der Waals surface area contributed by atoms with E-state index in [-0.39, 0.29) is 17.2 Å². The smallest absolute Gasteiger partial charge is 0.383 e. The van der Waals surface area contributed by atoms with Gasteiger partial charge in [-0.15, -0.1) is 14.7 Å². The third kappa shape index (κ3) is 8.01. The lowest BCUT2D eigenvalue weighted by atomic mass is 10.2. The van der Waals surface area contributed by atoms with Gasteiger partial charge in [-0.2, -0.15) is 13.2 Å². The quantitative estimate of drug-likeness (QED) is 0.193. The average Bonchev–Trinajstić information content (AvgIpc) is 2.73. The van der Waals surface area contributed by atoms with Crippen LogP contribution in [0.15, 0.2) is 38.8 Å². The van der Waals surface area contributed by atoms with Crippen LogP contribution < -0.4 is 10.6 Å². The monoisotopic (exact) mass is 553 g/mol. The van der Waals surface area contributed by atoms with Crippen LogP contribution in [0.1, 0.15) is 32.3 Å². The number of aromatic nitrogens is 2. The number of unbranched alkanes of at least 4 members (excludes halogenated alkanes) is 1. The first-order valence-electron chi connectivity index (χ1n) is 9.63. The number of carbonyl (C=O) groups is 1. The van der Waals surface area contributed by atoms with Crippen LogP contribution in [0.3, 0.4) is 0 Å². The molecule has 0 spiro atoms. The van der Waals surface area contributed by atoms with Gasteiger partial charge in [-0.05, 0) is 65.5 Å². The molecule has 2 N–H and O–H groups in total. The molecule has 0 fully saturated rings. The maximum Gasteiger partial charge on any atom is 0.416 e. The van der Waals surface area contributed by atoms with Crippen molar-refractivity contribution in [2.24, 2.45) is 0 Å². The maximum absolute atomic E-state index is 13.5. The Morgan fingerprint density at radius 1 is 1.22 bits per heavy atom. The van der Waals surface area contributed by atoms with E-state index in [9.17, 15) is 18.0 Å². The third-order valence-corrected chi connectivity index (χ3v) is 5.93. The SMILES string of the molecule is CCCCNc1cc(Sc2cc(NC(=O)N(OCC)SC)cc(C(F)(F)F)c2)nnc1Br. The Morgan fingerprint density at radius 3 is 2.59 bits per heavy atom. The number of carbonyl (C=O) groups excluding carboxylic acids is 1. The van der Waals surface area contributed by atoms with Gasteiger partial charge < -0.3 is 10.6 Å². The van der Waals surface area contributed by atoms with E-state index in [4.69, 9.17) is 4.84 Å². The second-order valence-electron chi connectivity index (χ2n) is 6.30. The van der Waals surface area contributed by atoms with Crippen molar-refractivity contribution in [3.8, 4) is 0 Å². The van der Waals surface area contributed by atoms with Gasteiger partial charge in [-0.3, -0.25) is 4.84 Å². The zero-order valence-corrected chi connectivity index (χ0v) is 20.8. The van der Waals surface area contributed by atoms with Crippen LogP contribution in [0.4, 0.5) is 29.3 Å². The second kappa shape index (κ2) is 12.5.